The van der Waals surface area contributed by atoms with E-state index in [1.54, 1.807) is 6.07 Å². The molecule has 0 unspecified atom stereocenters. The molecule has 0 spiro atoms. The van der Waals surface area contributed by atoms with Crippen LogP contribution in [-0.4, -0.2) is 37.8 Å². The van der Waals surface area contributed by atoms with Gasteiger partial charge in [-0.25, -0.2) is 0 Å². The molecule has 0 aliphatic heterocycles. The van der Waals surface area contributed by atoms with Crippen molar-refractivity contribution >= 4 is 23.4 Å². The second-order valence-corrected chi connectivity index (χ2v) is 3.86. The lowest BCUT2D eigenvalue weighted by Gasteiger charge is -2.09. The predicted octanol–water partition coefficient (Wildman–Crippen LogP) is -0.300. The first-order valence-electron chi connectivity index (χ1n) is 5.39. The third-order valence-electron chi connectivity index (χ3n) is 2.82. The standard InChI is InChI=1S/C11H9BN4O2/c17-12(18)10-8-4-2-1-3-7(8)5-6-9(10)11-13-15-16-14-11/h1-6,17-18H,(H,13,14,15,16). The molecule has 7 heteroatoms. The molecule has 3 rings (SSSR count). The van der Waals surface area contributed by atoms with Gasteiger partial charge in [-0.15, -0.1) is 10.2 Å². The number of H-pyrrole nitrogens is 1. The van der Waals surface area contributed by atoms with Gasteiger partial charge in [0.25, 0.3) is 0 Å². The summed E-state index contributed by atoms with van der Waals surface area (Å²) in [5, 5.41) is 34.4. The number of aromatic amines is 1. The summed E-state index contributed by atoms with van der Waals surface area (Å²) >= 11 is 0. The summed E-state index contributed by atoms with van der Waals surface area (Å²) in [4.78, 5) is 0. The monoisotopic (exact) mass is 240 g/mol. The van der Waals surface area contributed by atoms with Gasteiger partial charge >= 0.3 is 7.12 Å². The number of nitrogens with zero attached hydrogens (tertiary/aromatic N) is 3. The van der Waals surface area contributed by atoms with Gasteiger partial charge in [-0.3, -0.25) is 0 Å². The molecule has 3 aromatic rings. The third-order valence-corrected chi connectivity index (χ3v) is 2.82. The van der Waals surface area contributed by atoms with E-state index >= 15 is 0 Å². The molecule has 0 bridgehead atoms. The molecule has 0 aliphatic rings. The van der Waals surface area contributed by atoms with Crippen molar-refractivity contribution in [2.24, 2.45) is 0 Å². The Morgan fingerprint density at radius 1 is 1.06 bits per heavy atom. The zero-order valence-corrected chi connectivity index (χ0v) is 9.28. The van der Waals surface area contributed by atoms with E-state index < -0.39 is 7.12 Å². The van der Waals surface area contributed by atoms with E-state index in [0.29, 0.717) is 16.9 Å². The minimum absolute atomic E-state index is 0.337. The van der Waals surface area contributed by atoms with E-state index in [9.17, 15) is 10.0 Å². The van der Waals surface area contributed by atoms with E-state index in [4.69, 9.17) is 0 Å². The maximum absolute atomic E-state index is 9.57. The van der Waals surface area contributed by atoms with Crippen LogP contribution in [-0.2, 0) is 0 Å². The highest BCUT2D eigenvalue weighted by Gasteiger charge is 2.22. The van der Waals surface area contributed by atoms with Gasteiger partial charge < -0.3 is 10.0 Å². The van der Waals surface area contributed by atoms with Gasteiger partial charge in [0, 0.05) is 11.0 Å². The number of aromatic nitrogens is 4. The lowest BCUT2D eigenvalue weighted by atomic mass is 9.74. The summed E-state index contributed by atoms with van der Waals surface area (Å²) in [6.07, 6.45) is 0. The highest BCUT2D eigenvalue weighted by molar-refractivity contribution is 6.64. The number of benzene rings is 2. The topological polar surface area (TPSA) is 94.9 Å². The average Bonchev–Trinajstić information content (AvgIpc) is 2.90. The Kier molecular flexibility index (Phi) is 2.54. The van der Waals surface area contributed by atoms with Crippen molar-refractivity contribution in [2.45, 2.75) is 0 Å². The summed E-state index contributed by atoms with van der Waals surface area (Å²) in [5.41, 5.74) is 0.937. The zero-order chi connectivity index (χ0) is 12.5. The molecule has 1 heterocycles. The van der Waals surface area contributed by atoms with E-state index in [-0.39, 0.29) is 0 Å². The van der Waals surface area contributed by atoms with Crippen LogP contribution >= 0.6 is 0 Å². The number of hydrogen-bond donors (Lipinski definition) is 3. The molecule has 3 N–H and O–H groups in total. The summed E-state index contributed by atoms with van der Waals surface area (Å²) in [6.45, 7) is 0. The van der Waals surface area contributed by atoms with Gasteiger partial charge in [-0.1, -0.05) is 36.4 Å². The van der Waals surface area contributed by atoms with Gasteiger partial charge in [-0.05, 0) is 16.0 Å². The lowest BCUT2D eigenvalue weighted by Crippen LogP contribution is -2.32. The molecule has 0 saturated carbocycles. The zero-order valence-electron chi connectivity index (χ0n) is 9.28. The molecule has 0 radical (unpaired) electrons. The van der Waals surface area contributed by atoms with Gasteiger partial charge in [0.15, 0.2) is 0 Å². The summed E-state index contributed by atoms with van der Waals surface area (Å²) in [6, 6.07) is 11.1. The van der Waals surface area contributed by atoms with Crippen LogP contribution in [0, 0.1) is 0 Å². The minimum atomic E-state index is -1.59. The summed E-state index contributed by atoms with van der Waals surface area (Å²) < 4.78 is 0. The molecule has 0 aliphatic carbocycles. The Hall–Kier alpha value is -2.25. The van der Waals surface area contributed by atoms with E-state index in [2.05, 4.69) is 20.6 Å². The number of rotatable bonds is 2. The van der Waals surface area contributed by atoms with Crippen LogP contribution in [0.1, 0.15) is 0 Å². The molecule has 0 atom stereocenters. The van der Waals surface area contributed by atoms with Crippen LogP contribution in [0.25, 0.3) is 22.2 Å². The van der Waals surface area contributed by atoms with Crippen molar-refractivity contribution in [1.82, 2.24) is 20.6 Å². The first-order valence-corrected chi connectivity index (χ1v) is 5.39. The van der Waals surface area contributed by atoms with E-state index in [0.717, 1.165) is 10.8 Å². The molecular formula is C11H9BN4O2. The number of fused-ring (bicyclic) bond motifs is 1. The Morgan fingerprint density at radius 3 is 2.61 bits per heavy atom. The van der Waals surface area contributed by atoms with Crippen molar-refractivity contribution in [3.63, 3.8) is 0 Å². The van der Waals surface area contributed by atoms with Gasteiger partial charge in [0.05, 0.1) is 0 Å². The van der Waals surface area contributed by atoms with Gasteiger partial charge in [0.1, 0.15) is 0 Å². The van der Waals surface area contributed by atoms with E-state index in [1.165, 1.54) is 0 Å². The molecule has 88 valence electrons. The number of nitrogens with one attached hydrogen (secondary N) is 1. The van der Waals surface area contributed by atoms with Crippen molar-refractivity contribution in [1.29, 1.82) is 0 Å². The van der Waals surface area contributed by atoms with Crippen molar-refractivity contribution < 1.29 is 10.0 Å². The first kappa shape index (κ1) is 10.9. The highest BCUT2D eigenvalue weighted by atomic mass is 16.4. The predicted molar refractivity (Wildman–Crippen MR) is 66.9 cm³/mol. The van der Waals surface area contributed by atoms with Crippen LogP contribution in [0.3, 0.4) is 0 Å². The lowest BCUT2D eigenvalue weighted by molar-refractivity contribution is 0.426. The normalized spacial score (nSPS) is 10.8. The second-order valence-electron chi connectivity index (χ2n) is 3.86. The molecule has 0 saturated heterocycles. The van der Waals surface area contributed by atoms with Crippen LogP contribution in [0.2, 0.25) is 0 Å². The van der Waals surface area contributed by atoms with Crippen LogP contribution in [0.15, 0.2) is 36.4 Å². The summed E-state index contributed by atoms with van der Waals surface area (Å²) in [7, 11) is -1.59. The van der Waals surface area contributed by atoms with Crippen LogP contribution in [0.4, 0.5) is 0 Å². The number of hydrogen-bond acceptors (Lipinski definition) is 5. The molecule has 0 amide bonds. The molecule has 2 aromatic carbocycles. The molecule has 6 nitrogen and oxygen atoms in total. The third kappa shape index (κ3) is 1.66. The molecular weight excluding hydrogens is 231 g/mol. The van der Waals surface area contributed by atoms with E-state index in [1.807, 2.05) is 30.3 Å². The van der Waals surface area contributed by atoms with Gasteiger partial charge in [-0.2, -0.15) is 5.21 Å². The molecule has 18 heavy (non-hydrogen) atoms. The largest absolute Gasteiger partial charge is 0.489 e. The van der Waals surface area contributed by atoms with Crippen molar-refractivity contribution in [2.75, 3.05) is 0 Å². The Morgan fingerprint density at radius 2 is 1.89 bits per heavy atom. The maximum Gasteiger partial charge on any atom is 0.489 e. The highest BCUT2D eigenvalue weighted by Crippen LogP contribution is 2.19. The number of tetrazole rings is 1. The Labute approximate surface area is 102 Å². The summed E-state index contributed by atoms with van der Waals surface area (Å²) in [5.74, 6) is 0.337. The Balaban J connectivity index is 2.36. The van der Waals surface area contributed by atoms with Crippen molar-refractivity contribution in [3.05, 3.63) is 36.4 Å². The van der Waals surface area contributed by atoms with Crippen LogP contribution < -0.4 is 5.46 Å². The fourth-order valence-corrected chi connectivity index (χ4v) is 2.04. The first-order chi connectivity index (χ1) is 8.77. The SMILES string of the molecule is OB(O)c1c(-c2nn[nH]n2)ccc2ccccc12. The fraction of sp³-hybridized carbons (Fsp3) is 0. The molecule has 1 aromatic heterocycles. The quantitative estimate of drug-likeness (QED) is 0.534. The Bertz CT molecular complexity index is 685. The fourth-order valence-electron chi connectivity index (χ4n) is 2.04. The molecule has 0 fully saturated rings. The van der Waals surface area contributed by atoms with Crippen molar-refractivity contribution in [3.8, 4) is 11.4 Å². The smallest absolute Gasteiger partial charge is 0.423 e. The maximum atomic E-state index is 9.57. The second kappa shape index (κ2) is 4.21. The average molecular weight is 240 g/mol. The van der Waals surface area contributed by atoms with Gasteiger partial charge in [0.2, 0.25) is 5.82 Å². The minimum Gasteiger partial charge on any atom is -0.423 e. The van der Waals surface area contributed by atoms with Crippen LogP contribution in [0.5, 0.6) is 0 Å².